The average Bonchev–Trinajstić information content (AvgIpc) is 3.45. The van der Waals surface area contributed by atoms with E-state index in [1.54, 1.807) is 0 Å². The summed E-state index contributed by atoms with van der Waals surface area (Å²) in [6, 6.07) is 0. The number of carbonyl (C=O) groups excluding carboxylic acids is 2. The maximum Gasteiger partial charge on any atom is 0.472 e. The van der Waals surface area contributed by atoms with Gasteiger partial charge >= 0.3 is 19.8 Å². The van der Waals surface area contributed by atoms with Gasteiger partial charge in [0.05, 0.1) is 27.7 Å². The van der Waals surface area contributed by atoms with Crippen molar-refractivity contribution in [3.8, 4) is 0 Å². The Morgan fingerprint density at radius 2 is 0.659 bits per heavy atom. The van der Waals surface area contributed by atoms with Gasteiger partial charge in [0.2, 0.25) is 0 Å². The zero-order valence-electron chi connectivity index (χ0n) is 54.7. The number of quaternary nitrogens is 1. The highest BCUT2D eigenvalue weighted by atomic mass is 31.2. The number of unbranched alkanes of at least 4 members (excludes halogenated alkanes) is 41. The van der Waals surface area contributed by atoms with E-state index in [1.807, 2.05) is 21.1 Å². The second-order valence-corrected chi connectivity index (χ2v) is 26.4. The molecule has 0 amide bonds. The van der Waals surface area contributed by atoms with Crippen molar-refractivity contribution < 1.29 is 42.1 Å². The van der Waals surface area contributed by atoms with Gasteiger partial charge in [-0.15, -0.1) is 0 Å². The summed E-state index contributed by atoms with van der Waals surface area (Å²) in [4.78, 5) is 35.9. The average molecular weight is 1170 g/mol. The lowest BCUT2D eigenvalue weighted by Crippen LogP contribution is -2.37. The molecule has 0 aromatic rings. The van der Waals surface area contributed by atoms with Crippen molar-refractivity contribution in [1.82, 2.24) is 0 Å². The van der Waals surface area contributed by atoms with Crippen molar-refractivity contribution in [2.45, 2.75) is 341 Å². The number of phosphoric ester groups is 1. The van der Waals surface area contributed by atoms with Gasteiger partial charge in [-0.1, -0.05) is 299 Å². The van der Waals surface area contributed by atoms with Crippen LogP contribution in [0.15, 0.2) is 60.8 Å². The molecule has 0 aliphatic rings. The van der Waals surface area contributed by atoms with Crippen molar-refractivity contribution in [2.75, 3.05) is 47.5 Å². The lowest BCUT2D eigenvalue weighted by molar-refractivity contribution is -0.870. The lowest BCUT2D eigenvalue weighted by Gasteiger charge is -2.24. The van der Waals surface area contributed by atoms with E-state index < -0.39 is 26.5 Å². The van der Waals surface area contributed by atoms with Crippen LogP contribution >= 0.6 is 7.82 Å². The Balaban J connectivity index is 4.03. The highest BCUT2D eigenvalue weighted by Gasteiger charge is 2.27. The van der Waals surface area contributed by atoms with Crippen LogP contribution in [0.3, 0.4) is 0 Å². The number of allylic oxidation sites excluding steroid dienone is 10. The molecule has 1 N–H and O–H groups in total. The van der Waals surface area contributed by atoms with Crippen molar-refractivity contribution in [1.29, 1.82) is 0 Å². The van der Waals surface area contributed by atoms with Crippen molar-refractivity contribution >= 4 is 19.8 Å². The number of hydrogen-bond acceptors (Lipinski definition) is 7. The molecule has 0 aromatic carbocycles. The highest BCUT2D eigenvalue weighted by Crippen LogP contribution is 2.43. The summed E-state index contributed by atoms with van der Waals surface area (Å²) in [5.41, 5.74) is 0. The number of ether oxygens (including phenoxy) is 2. The Morgan fingerprint density at radius 1 is 0.378 bits per heavy atom. The van der Waals surface area contributed by atoms with Gasteiger partial charge in [0.1, 0.15) is 19.8 Å². The maximum atomic E-state index is 12.9. The van der Waals surface area contributed by atoms with E-state index >= 15 is 0 Å². The predicted molar refractivity (Wildman–Crippen MR) is 353 cm³/mol. The molecule has 9 nitrogen and oxygen atoms in total. The molecule has 0 aromatic heterocycles. The quantitative estimate of drug-likeness (QED) is 0.0211. The molecule has 10 heteroatoms. The van der Waals surface area contributed by atoms with Crippen LogP contribution in [0.4, 0.5) is 0 Å². The van der Waals surface area contributed by atoms with Gasteiger partial charge in [-0.2, -0.15) is 0 Å². The molecule has 0 aliphatic heterocycles. The van der Waals surface area contributed by atoms with E-state index in [4.69, 9.17) is 18.5 Å². The second kappa shape index (κ2) is 63.2. The third kappa shape index (κ3) is 66.8. The molecule has 2 unspecified atom stereocenters. The Hall–Kier alpha value is -2.29. The van der Waals surface area contributed by atoms with Crippen LogP contribution in [0.2, 0.25) is 0 Å². The monoisotopic (exact) mass is 1170 g/mol. The number of hydrogen-bond donors (Lipinski definition) is 1. The summed E-state index contributed by atoms with van der Waals surface area (Å²) < 4.78 is 34.7. The molecule has 0 heterocycles. The predicted octanol–water partition coefficient (Wildman–Crippen LogP) is 22.6. The number of rotatable bonds is 65. The van der Waals surface area contributed by atoms with E-state index in [-0.39, 0.29) is 25.6 Å². The third-order valence-corrected chi connectivity index (χ3v) is 16.5. The van der Waals surface area contributed by atoms with Crippen LogP contribution in [0.1, 0.15) is 335 Å². The largest absolute Gasteiger partial charge is 0.472 e. The Bertz CT molecular complexity index is 1570. The van der Waals surface area contributed by atoms with Crippen molar-refractivity contribution in [3.05, 3.63) is 60.8 Å². The van der Waals surface area contributed by atoms with Gasteiger partial charge in [0, 0.05) is 12.8 Å². The van der Waals surface area contributed by atoms with Crippen LogP contribution in [0, 0.1) is 0 Å². The first-order chi connectivity index (χ1) is 40.0. The lowest BCUT2D eigenvalue weighted by atomic mass is 10.0. The summed E-state index contributed by atoms with van der Waals surface area (Å²) in [6.45, 7) is 4.46. The fourth-order valence-corrected chi connectivity index (χ4v) is 10.9. The summed E-state index contributed by atoms with van der Waals surface area (Å²) in [6.07, 6.45) is 83.2. The number of phosphoric acid groups is 1. The molecule has 2 atom stereocenters. The standard InChI is InChI=1S/C72H134NO8P/c1-6-8-10-12-14-16-18-20-22-24-26-28-30-32-34-36-38-40-42-44-46-48-50-52-54-56-58-60-62-64-71(74)78-68-70(69-80-82(76,77)79-67-66-73(3,4)5)81-72(75)65-63-61-59-57-55-53-51-49-47-45-43-41-39-37-35-33-31-29-27-25-23-21-19-17-15-13-11-9-7-2/h18-21,24-27,31,33,70H,6-17,22-23,28-30,32,34-69H2,1-5H3/p+1/b20-18-,21-19-,26-24-,27-25-,33-31-. The van der Waals surface area contributed by atoms with Crippen LogP contribution in [-0.4, -0.2) is 74.9 Å². The minimum Gasteiger partial charge on any atom is -0.462 e. The highest BCUT2D eigenvalue weighted by molar-refractivity contribution is 7.47. The van der Waals surface area contributed by atoms with Gasteiger partial charge in [0.15, 0.2) is 6.10 Å². The minimum atomic E-state index is -4.39. The van der Waals surface area contributed by atoms with E-state index in [2.05, 4.69) is 74.6 Å². The fraction of sp³-hybridized carbons (Fsp3) is 0.833. The number of nitrogens with zero attached hydrogens (tertiary/aromatic N) is 1. The molecule has 0 aliphatic carbocycles. The van der Waals surface area contributed by atoms with E-state index in [9.17, 15) is 19.0 Å². The van der Waals surface area contributed by atoms with Crippen LogP contribution in [0.5, 0.6) is 0 Å². The van der Waals surface area contributed by atoms with Gasteiger partial charge in [0.25, 0.3) is 0 Å². The molecule has 82 heavy (non-hydrogen) atoms. The molecule has 0 bridgehead atoms. The number of carbonyl (C=O) groups is 2. The third-order valence-electron chi connectivity index (χ3n) is 15.5. The van der Waals surface area contributed by atoms with Gasteiger partial charge in [-0.05, 0) is 83.5 Å². The Morgan fingerprint density at radius 3 is 0.976 bits per heavy atom. The van der Waals surface area contributed by atoms with E-state index in [1.165, 1.54) is 250 Å². The maximum absolute atomic E-state index is 12.9. The second-order valence-electron chi connectivity index (χ2n) is 24.9. The van der Waals surface area contributed by atoms with Crippen molar-refractivity contribution in [2.24, 2.45) is 0 Å². The molecule has 0 rings (SSSR count). The molecule has 480 valence electrons. The normalized spacial score (nSPS) is 13.5. The minimum absolute atomic E-state index is 0.0319. The number of likely N-dealkylation sites (N-methyl/N-ethyl adjacent to an activating group) is 1. The first-order valence-electron chi connectivity index (χ1n) is 35.0. The zero-order valence-corrected chi connectivity index (χ0v) is 55.6. The van der Waals surface area contributed by atoms with Crippen LogP contribution in [-0.2, 0) is 32.7 Å². The molecule has 0 saturated heterocycles. The van der Waals surface area contributed by atoms with Crippen molar-refractivity contribution in [3.63, 3.8) is 0 Å². The van der Waals surface area contributed by atoms with Crippen LogP contribution in [0.25, 0.3) is 0 Å². The van der Waals surface area contributed by atoms with Gasteiger partial charge in [-0.3, -0.25) is 18.6 Å². The van der Waals surface area contributed by atoms with E-state index in [0.29, 0.717) is 23.9 Å². The smallest absolute Gasteiger partial charge is 0.462 e. The number of esters is 2. The molecular formula is C72H135NO8P+. The SMILES string of the molecule is CCCCCCC/C=C\C/C=C\C/C=C\CCCCCCCCCCCCCCCCC(=O)OC(COC(=O)CCCCCCCCCCCCCCCCCCC/C=C\C/C=C\CCCCCCC)COP(=O)(O)OCC[N+](C)(C)C. The van der Waals surface area contributed by atoms with Gasteiger partial charge in [-0.25, -0.2) is 4.57 Å². The molecule has 0 saturated carbocycles. The summed E-state index contributed by atoms with van der Waals surface area (Å²) in [5.74, 6) is -0.784. The summed E-state index contributed by atoms with van der Waals surface area (Å²) in [5, 5.41) is 0. The van der Waals surface area contributed by atoms with Gasteiger partial charge < -0.3 is 18.9 Å². The first-order valence-corrected chi connectivity index (χ1v) is 36.5. The topological polar surface area (TPSA) is 108 Å². The molecular weight excluding hydrogens is 1040 g/mol. The van der Waals surface area contributed by atoms with Crippen LogP contribution < -0.4 is 0 Å². The summed E-state index contributed by atoms with van der Waals surface area (Å²) in [7, 11) is 1.49. The molecule has 0 spiro atoms. The fourth-order valence-electron chi connectivity index (χ4n) is 10.1. The Labute approximate surface area is 508 Å². The van der Waals surface area contributed by atoms with E-state index in [0.717, 1.165) is 51.4 Å². The Kier molecular flexibility index (Phi) is 61.5. The molecule has 0 fully saturated rings. The molecule has 0 radical (unpaired) electrons. The zero-order chi connectivity index (χ0) is 59.8. The first kappa shape index (κ1) is 79.7. The summed E-state index contributed by atoms with van der Waals surface area (Å²) >= 11 is 0.